The summed E-state index contributed by atoms with van der Waals surface area (Å²) in [5.74, 6) is -1.44. The molecular formula is C15H19NO4S. The van der Waals surface area contributed by atoms with Crippen molar-refractivity contribution < 1.29 is 19.1 Å². The van der Waals surface area contributed by atoms with Crippen LogP contribution in [-0.2, 0) is 20.7 Å². The average Bonchev–Trinajstić information content (AvgIpc) is 2.95. The number of esters is 2. The van der Waals surface area contributed by atoms with Gasteiger partial charge in [0.25, 0.3) is 0 Å². The Kier molecular flexibility index (Phi) is 7.48. The molecule has 21 heavy (non-hydrogen) atoms. The fraction of sp³-hybridized carbons (Fsp3) is 0.533. The van der Waals surface area contributed by atoms with Gasteiger partial charge in [0.2, 0.25) is 0 Å². The van der Waals surface area contributed by atoms with Gasteiger partial charge in [-0.3, -0.25) is 4.79 Å². The molecule has 1 rings (SSSR count). The molecular weight excluding hydrogens is 290 g/mol. The van der Waals surface area contributed by atoms with E-state index in [2.05, 4.69) is 4.74 Å². The highest BCUT2D eigenvalue weighted by molar-refractivity contribution is 7.13. The Morgan fingerprint density at radius 1 is 1.38 bits per heavy atom. The number of nitriles is 1. The van der Waals surface area contributed by atoms with Crippen LogP contribution in [-0.4, -0.2) is 25.7 Å². The minimum Gasteiger partial charge on any atom is -0.465 e. The highest BCUT2D eigenvalue weighted by Crippen LogP contribution is 2.20. The fourth-order valence-corrected chi connectivity index (χ4v) is 2.82. The summed E-state index contributed by atoms with van der Waals surface area (Å²) in [4.78, 5) is 24.5. The molecule has 0 radical (unpaired) electrons. The summed E-state index contributed by atoms with van der Waals surface area (Å²) in [6.45, 7) is 2.02. The lowest BCUT2D eigenvalue weighted by Gasteiger charge is -2.07. The number of aryl methyl sites for hydroxylation is 1. The summed E-state index contributed by atoms with van der Waals surface area (Å²) in [7, 11) is 1.36. The summed E-state index contributed by atoms with van der Waals surface area (Å²) in [5, 5.41) is 8.93. The Hall–Kier alpha value is -1.87. The molecule has 1 aromatic heterocycles. The van der Waals surface area contributed by atoms with Crippen LogP contribution in [0.4, 0.5) is 0 Å². The molecule has 0 spiro atoms. The first-order chi connectivity index (χ1) is 10.1. The quantitative estimate of drug-likeness (QED) is 0.545. The zero-order valence-corrected chi connectivity index (χ0v) is 13.1. The van der Waals surface area contributed by atoms with E-state index in [0.29, 0.717) is 17.9 Å². The van der Waals surface area contributed by atoms with Gasteiger partial charge in [-0.1, -0.05) is 6.42 Å². The molecule has 0 fully saturated rings. The number of methoxy groups -OCH3 is 1. The summed E-state index contributed by atoms with van der Waals surface area (Å²) in [6, 6.07) is 5.64. The summed E-state index contributed by atoms with van der Waals surface area (Å²) < 4.78 is 9.50. The minimum atomic E-state index is -0.682. The second-order valence-electron chi connectivity index (χ2n) is 4.44. The zero-order chi connectivity index (χ0) is 15.7. The van der Waals surface area contributed by atoms with Crippen molar-refractivity contribution in [2.45, 2.75) is 32.6 Å². The van der Waals surface area contributed by atoms with E-state index in [9.17, 15) is 9.59 Å². The van der Waals surface area contributed by atoms with Crippen LogP contribution >= 0.6 is 11.3 Å². The van der Waals surface area contributed by atoms with Crippen molar-refractivity contribution in [1.29, 1.82) is 5.26 Å². The molecule has 0 bridgehead atoms. The van der Waals surface area contributed by atoms with Crippen LogP contribution in [0.15, 0.2) is 12.1 Å². The molecule has 0 amide bonds. The van der Waals surface area contributed by atoms with Gasteiger partial charge >= 0.3 is 11.9 Å². The molecule has 5 nitrogen and oxygen atoms in total. The van der Waals surface area contributed by atoms with E-state index in [4.69, 9.17) is 10.00 Å². The molecule has 1 unspecified atom stereocenters. The van der Waals surface area contributed by atoms with E-state index in [1.807, 2.05) is 12.1 Å². The van der Waals surface area contributed by atoms with Crippen LogP contribution < -0.4 is 0 Å². The normalized spacial score (nSPS) is 11.5. The van der Waals surface area contributed by atoms with E-state index in [1.54, 1.807) is 13.0 Å². The average molecular weight is 309 g/mol. The van der Waals surface area contributed by atoms with E-state index in [0.717, 1.165) is 24.1 Å². The van der Waals surface area contributed by atoms with E-state index >= 15 is 0 Å². The monoisotopic (exact) mass is 309 g/mol. The van der Waals surface area contributed by atoms with E-state index < -0.39 is 11.9 Å². The predicted octanol–water partition coefficient (Wildman–Crippen LogP) is 2.95. The van der Waals surface area contributed by atoms with Gasteiger partial charge in [0.05, 0.1) is 19.8 Å². The van der Waals surface area contributed by atoms with Gasteiger partial charge in [-0.05, 0) is 38.3 Å². The summed E-state index contributed by atoms with van der Waals surface area (Å²) in [5.41, 5.74) is 0. The van der Waals surface area contributed by atoms with Crippen LogP contribution in [0.5, 0.6) is 0 Å². The smallest absolute Gasteiger partial charge is 0.348 e. The number of rotatable bonds is 8. The summed E-state index contributed by atoms with van der Waals surface area (Å²) in [6.07, 6.45) is 2.95. The Morgan fingerprint density at radius 3 is 2.76 bits per heavy atom. The number of carbonyl (C=O) groups is 2. The van der Waals surface area contributed by atoms with Crippen LogP contribution in [0.1, 0.15) is 40.7 Å². The van der Waals surface area contributed by atoms with Crippen LogP contribution in [0, 0.1) is 17.2 Å². The maximum atomic E-state index is 11.5. The van der Waals surface area contributed by atoms with Gasteiger partial charge in [-0.2, -0.15) is 5.26 Å². The molecule has 0 aromatic carbocycles. The Labute approximate surface area is 128 Å². The molecule has 1 heterocycles. The third-order valence-electron chi connectivity index (χ3n) is 2.94. The topological polar surface area (TPSA) is 76.4 Å². The Balaban J connectivity index is 2.33. The molecule has 0 saturated carbocycles. The predicted molar refractivity (Wildman–Crippen MR) is 78.9 cm³/mol. The lowest BCUT2D eigenvalue weighted by molar-refractivity contribution is -0.146. The number of hydrogen-bond donors (Lipinski definition) is 0. The first-order valence-electron chi connectivity index (χ1n) is 6.85. The highest BCUT2D eigenvalue weighted by Gasteiger charge is 2.18. The van der Waals surface area contributed by atoms with Crippen molar-refractivity contribution in [3.63, 3.8) is 0 Å². The Morgan fingerprint density at radius 2 is 2.14 bits per heavy atom. The lowest BCUT2D eigenvalue weighted by Crippen LogP contribution is -2.16. The molecule has 114 valence electrons. The van der Waals surface area contributed by atoms with Crippen LogP contribution in [0.25, 0.3) is 0 Å². The first kappa shape index (κ1) is 17.2. The molecule has 1 atom stereocenters. The number of nitrogens with zero attached hydrogens (tertiary/aromatic N) is 1. The van der Waals surface area contributed by atoms with Crippen molar-refractivity contribution in [3.8, 4) is 6.07 Å². The molecule has 0 aliphatic rings. The van der Waals surface area contributed by atoms with Gasteiger partial charge < -0.3 is 9.47 Å². The van der Waals surface area contributed by atoms with Gasteiger partial charge in [0, 0.05) is 4.88 Å². The maximum absolute atomic E-state index is 11.5. The van der Waals surface area contributed by atoms with Crippen LogP contribution in [0.3, 0.4) is 0 Å². The third kappa shape index (κ3) is 5.56. The van der Waals surface area contributed by atoms with Crippen molar-refractivity contribution >= 4 is 23.3 Å². The van der Waals surface area contributed by atoms with E-state index in [-0.39, 0.29) is 5.97 Å². The fourth-order valence-electron chi connectivity index (χ4n) is 1.85. The third-order valence-corrected chi connectivity index (χ3v) is 4.07. The number of carbonyl (C=O) groups excluding carboxylic acids is 2. The highest BCUT2D eigenvalue weighted by atomic mass is 32.1. The van der Waals surface area contributed by atoms with E-state index in [1.165, 1.54) is 18.4 Å². The Bertz CT molecular complexity index is 518. The van der Waals surface area contributed by atoms with Crippen molar-refractivity contribution in [2.24, 2.45) is 5.92 Å². The number of unbranched alkanes of at least 4 members (excludes halogenated alkanes) is 1. The van der Waals surface area contributed by atoms with Gasteiger partial charge in [0.15, 0.2) is 0 Å². The van der Waals surface area contributed by atoms with Gasteiger partial charge in [-0.25, -0.2) is 4.79 Å². The largest absolute Gasteiger partial charge is 0.465 e. The zero-order valence-electron chi connectivity index (χ0n) is 12.3. The van der Waals surface area contributed by atoms with Crippen molar-refractivity contribution in [2.75, 3.05) is 13.7 Å². The molecule has 0 aliphatic heterocycles. The molecule has 0 aliphatic carbocycles. The summed E-state index contributed by atoms with van der Waals surface area (Å²) >= 11 is 1.41. The molecule has 0 saturated heterocycles. The van der Waals surface area contributed by atoms with Crippen LogP contribution in [0.2, 0.25) is 0 Å². The molecule has 1 aromatic rings. The SMILES string of the molecule is CCOC(=O)C(C#N)CCCCc1ccc(C(=O)OC)s1. The van der Waals surface area contributed by atoms with Crippen molar-refractivity contribution in [3.05, 3.63) is 21.9 Å². The van der Waals surface area contributed by atoms with Crippen molar-refractivity contribution in [1.82, 2.24) is 0 Å². The number of ether oxygens (including phenoxy) is 2. The minimum absolute atomic E-state index is 0.294. The van der Waals surface area contributed by atoms with Gasteiger partial charge in [-0.15, -0.1) is 11.3 Å². The number of hydrogen-bond acceptors (Lipinski definition) is 6. The standard InChI is InChI=1S/C15H19NO4S/c1-3-20-14(17)11(10-16)6-4-5-7-12-8-9-13(21-12)15(18)19-2/h8-9,11H,3-7H2,1-2H3. The molecule has 0 N–H and O–H groups in total. The second kappa shape index (κ2) is 9.14. The first-order valence-corrected chi connectivity index (χ1v) is 7.67. The second-order valence-corrected chi connectivity index (χ2v) is 5.61. The van der Waals surface area contributed by atoms with Gasteiger partial charge in [0.1, 0.15) is 10.8 Å². The maximum Gasteiger partial charge on any atom is 0.348 e. The molecule has 6 heteroatoms. The lowest BCUT2D eigenvalue weighted by atomic mass is 10.0. The number of thiophene rings is 1.